The fraction of sp³-hybridized carbons (Fsp3) is 0.417. The molecule has 0 aliphatic carbocycles. The Kier molecular flexibility index (Phi) is 3.01. The molecule has 96 valence electrons. The van der Waals surface area contributed by atoms with Gasteiger partial charge in [0.1, 0.15) is 0 Å². The van der Waals surface area contributed by atoms with Crippen LogP contribution in [-0.4, -0.2) is 25.3 Å². The number of hydrogen-bond donors (Lipinski definition) is 2. The van der Waals surface area contributed by atoms with Crippen molar-refractivity contribution in [3.05, 3.63) is 17.2 Å². The number of anilines is 1. The third kappa shape index (κ3) is 2.11. The van der Waals surface area contributed by atoms with Gasteiger partial charge in [-0.1, -0.05) is 11.6 Å². The molecule has 1 amide bonds. The third-order valence-electron chi connectivity index (χ3n) is 3.10. The lowest BCUT2D eigenvalue weighted by molar-refractivity contribution is -0.117. The molecule has 2 heterocycles. The average molecular weight is 269 g/mol. The fourth-order valence-corrected chi connectivity index (χ4v) is 2.34. The maximum absolute atomic E-state index is 12.0. The first-order valence-electron chi connectivity index (χ1n) is 5.87. The monoisotopic (exact) mass is 268 g/mol. The predicted molar refractivity (Wildman–Crippen MR) is 67.2 cm³/mol. The first-order valence-corrected chi connectivity index (χ1v) is 6.25. The van der Waals surface area contributed by atoms with Crippen molar-refractivity contribution in [3.8, 4) is 11.5 Å². The van der Waals surface area contributed by atoms with Crippen LogP contribution in [0.3, 0.4) is 0 Å². The second-order valence-electron chi connectivity index (χ2n) is 4.32. The molecule has 5 nitrogen and oxygen atoms in total. The summed E-state index contributed by atoms with van der Waals surface area (Å²) in [5.74, 6) is 1.15. The van der Waals surface area contributed by atoms with Gasteiger partial charge in [0.2, 0.25) is 12.7 Å². The molecular formula is C12H13ClN2O3. The summed E-state index contributed by atoms with van der Waals surface area (Å²) in [5, 5.41) is 6.40. The maximum atomic E-state index is 12.0. The van der Waals surface area contributed by atoms with Crippen LogP contribution < -0.4 is 20.1 Å². The Labute approximate surface area is 109 Å². The quantitative estimate of drug-likeness (QED) is 0.858. The predicted octanol–water partition coefficient (Wildman–Crippen LogP) is 1.76. The van der Waals surface area contributed by atoms with Gasteiger partial charge in [-0.15, -0.1) is 0 Å². The number of halogens is 1. The smallest absolute Gasteiger partial charge is 0.241 e. The zero-order valence-corrected chi connectivity index (χ0v) is 10.4. The molecule has 0 saturated carbocycles. The number of amides is 1. The molecule has 1 aromatic carbocycles. The molecule has 2 N–H and O–H groups in total. The molecule has 1 fully saturated rings. The number of carbonyl (C=O) groups excluding carboxylic acids is 1. The van der Waals surface area contributed by atoms with Gasteiger partial charge in [-0.2, -0.15) is 0 Å². The van der Waals surface area contributed by atoms with Crippen molar-refractivity contribution in [3.63, 3.8) is 0 Å². The summed E-state index contributed by atoms with van der Waals surface area (Å²) in [6.07, 6.45) is 1.88. The number of fused-ring (bicyclic) bond motifs is 1. The van der Waals surface area contributed by atoms with Gasteiger partial charge < -0.3 is 20.1 Å². The lowest BCUT2D eigenvalue weighted by Crippen LogP contribution is -2.35. The Morgan fingerprint density at radius 1 is 1.39 bits per heavy atom. The molecule has 3 rings (SSSR count). The van der Waals surface area contributed by atoms with Crippen molar-refractivity contribution in [2.75, 3.05) is 18.7 Å². The van der Waals surface area contributed by atoms with Crippen molar-refractivity contribution >= 4 is 23.2 Å². The summed E-state index contributed by atoms with van der Waals surface area (Å²) < 4.78 is 10.5. The summed E-state index contributed by atoms with van der Waals surface area (Å²) in [5.41, 5.74) is 0.555. The van der Waals surface area contributed by atoms with E-state index in [0.717, 1.165) is 19.4 Å². The Hall–Kier alpha value is -1.46. The van der Waals surface area contributed by atoms with Gasteiger partial charge in [0.25, 0.3) is 0 Å². The second kappa shape index (κ2) is 4.66. The summed E-state index contributed by atoms with van der Waals surface area (Å²) in [6, 6.07) is 3.21. The molecule has 1 aromatic rings. The van der Waals surface area contributed by atoms with Gasteiger partial charge in [0, 0.05) is 12.1 Å². The van der Waals surface area contributed by atoms with E-state index in [2.05, 4.69) is 10.6 Å². The van der Waals surface area contributed by atoms with Crippen LogP contribution in [0.4, 0.5) is 5.69 Å². The van der Waals surface area contributed by atoms with E-state index in [-0.39, 0.29) is 18.7 Å². The minimum Gasteiger partial charge on any atom is -0.454 e. The van der Waals surface area contributed by atoms with Gasteiger partial charge in [0.05, 0.1) is 16.8 Å². The van der Waals surface area contributed by atoms with Crippen molar-refractivity contribution in [1.29, 1.82) is 0 Å². The highest BCUT2D eigenvalue weighted by atomic mass is 35.5. The Morgan fingerprint density at radius 2 is 2.17 bits per heavy atom. The summed E-state index contributed by atoms with van der Waals surface area (Å²) >= 11 is 6.09. The maximum Gasteiger partial charge on any atom is 0.241 e. The van der Waals surface area contributed by atoms with Crippen LogP contribution in [0, 0.1) is 0 Å². The molecule has 1 atom stereocenters. The number of benzene rings is 1. The van der Waals surface area contributed by atoms with Crippen LogP contribution in [0.5, 0.6) is 11.5 Å². The first-order chi connectivity index (χ1) is 8.74. The van der Waals surface area contributed by atoms with Gasteiger partial charge in [0.15, 0.2) is 11.5 Å². The van der Waals surface area contributed by atoms with Crippen molar-refractivity contribution in [2.24, 2.45) is 0 Å². The fourth-order valence-electron chi connectivity index (χ4n) is 2.14. The summed E-state index contributed by atoms with van der Waals surface area (Å²) in [4.78, 5) is 12.0. The van der Waals surface area contributed by atoms with E-state index in [1.165, 1.54) is 0 Å². The Bertz CT molecular complexity index is 486. The lowest BCUT2D eigenvalue weighted by atomic mass is 10.2. The molecule has 18 heavy (non-hydrogen) atoms. The highest BCUT2D eigenvalue weighted by molar-refractivity contribution is 6.34. The van der Waals surface area contributed by atoms with Gasteiger partial charge in [-0.3, -0.25) is 4.79 Å². The minimum atomic E-state index is -0.133. The highest BCUT2D eigenvalue weighted by Crippen LogP contribution is 2.39. The Balaban J connectivity index is 1.78. The molecule has 0 unspecified atom stereocenters. The van der Waals surface area contributed by atoms with E-state index in [0.29, 0.717) is 22.2 Å². The number of nitrogens with one attached hydrogen (secondary N) is 2. The first kappa shape index (κ1) is 11.6. The average Bonchev–Trinajstić information content (AvgIpc) is 2.98. The van der Waals surface area contributed by atoms with Gasteiger partial charge >= 0.3 is 0 Å². The van der Waals surface area contributed by atoms with Crippen LogP contribution in [-0.2, 0) is 4.79 Å². The molecule has 0 aromatic heterocycles. The van der Waals surface area contributed by atoms with Crippen LogP contribution in [0.1, 0.15) is 12.8 Å². The standard InChI is InChI=1S/C12H13ClN2O3/c13-7-4-10-11(18-6-17-10)5-9(7)15-12(16)8-2-1-3-14-8/h4-5,8,14H,1-3,6H2,(H,15,16)/t8-/m1/s1. The molecule has 6 heteroatoms. The molecule has 0 bridgehead atoms. The highest BCUT2D eigenvalue weighted by Gasteiger charge is 2.24. The second-order valence-corrected chi connectivity index (χ2v) is 4.73. The van der Waals surface area contributed by atoms with Crippen molar-refractivity contribution in [1.82, 2.24) is 5.32 Å². The van der Waals surface area contributed by atoms with Gasteiger partial charge in [-0.25, -0.2) is 0 Å². The largest absolute Gasteiger partial charge is 0.454 e. The van der Waals surface area contributed by atoms with Gasteiger partial charge in [-0.05, 0) is 19.4 Å². The van der Waals surface area contributed by atoms with E-state index in [1.54, 1.807) is 12.1 Å². The summed E-state index contributed by atoms with van der Waals surface area (Å²) in [6.45, 7) is 1.07. The zero-order chi connectivity index (χ0) is 12.5. The molecule has 0 radical (unpaired) electrons. The van der Waals surface area contributed by atoms with E-state index in [4.69, 9.17) is 21.1 Å². The molecular weight excluding hydrogens is 256 g/mol. The normalized spacial score (nSPS) is 21.1. The number of hydrogen-bond acceptors (Lipinski definition) is 4. The molecule has 2 aliphatic heterocycles. The van der Waals surface area contributed by atoms with E-state index < -0.39 is 0 Å². The minimum absolute atomic E-state index is 0.0618. The van der Waals surface area contributed by atoms with Crippen LogP contribution in [0.2, 0.25) is 5.02 Å². The third-order valence-corrected chi connectivity index (χ3v) is 3.41. The molecule has 2 aliphatic rings. The van der Waals surface area contributed by atoms with E-state index in [1.807, 2.05) is 0 Å². The van der Waals surface area contributed by atoms with Crippen LogP contribution >= 0.6 is 11.6 Å². The topological polar surface area (TPSA) is 59.6 Å². The van der Waals surface area contributed by atoms with E-state index in [9.17, 15) is 4.79 Å². The Morgan fingerprint density at radius 3 is 2.89 bits per heavy atom. The number of ether oxygens (including phenoxy) is 2. The molecule has 1 saturated heterocycles. The molecule has 0 spiro atoms. The SMILES string of the molecule is O=C(Nc1cc2c(cc1Cl)OCO2)[C@H]1CCCN1. The van der Waals surface area contributed by atoms with Crippen molar-refractivity contribution < 1.29 is 14.3 Å². The van der Waals surface area contributed by atoms with Crippen LogP contribution in [0.25, 0.3) is 0 Å². The van der Waals surface area contributed by atoms with Crippen molar-refractivity contribution in [2.45, 2.75) is 18.9 Å². The number of rotatable bonds is 2. The van der Waals surface area contributed by atoms with E-state index >= 15 is 0 Å². The van der Waals surface area contributed by atoms with Crippen LogP contribution in [0.15, 0.2) is 12.1 Å². The summed E-state index contributed by atoms with van der Waals surface area (Å²) in [7, 11) is 0. The zero-order valence-electron chi connectivity index (χ0n) is 9.66. The lowest BCUT2D eigenvalue weighted by Gasteiger charge is -2.12. The number of carbonyl (C=O) groups is 1.